The quantitative estimate of drug-likeness (QED) is 0.866. The average Bonchev–Trinajstić information content (AvgIpc) is 2.74. The molecule has 0 unspecified atom stereocenters. The van der Waals surface area contributed by atoms with Crippen LogP contribution in [0.2, 0.25) is 0 Å². The second-order valence-electron chi connectivity index (χ2n) is 3.45. The van der Waals surface area contributed by atoms with Crippen molar-refractivity contribution in [2.24, 2.45) is 0 Å². The van der Waals surface area contributed by atoms with Crippen molar-refractivity contribution in [3.8, 4) is 0 Å². The zero-order valence-corrected chi connectivity index (χ0v) is 9.84. The third-order valence-electron chi connectivity index (χ3n) is 2.43. The summed E-state index contributed by atoms with van der Waals surface area (Å²) in [5, 5.41) is 10.7. The predicted octanol–water partition coefficient (Wildman–Crippen LogP) is 2.41. The van der Waals surface area contributed by atoms with Crippen LogP contribution in [0.25, 0.3) is 0 Å². The van der Waals surface area contributed by atoms with Gasteiger partial charge in [0.25, 0.3) is 5.91 Å². The summed E-state index contributed by atoms with van der Waals surface area (Å²) in [6.45, 7) is 3.92. The number of amides is 1. The van der Waals surface area contributed by atoms with Crippen molar-refractivity contribution in [1.82, 2.24) is 10.2 Å². The Hall–Kier alpha value is -1.75. The molecule has 2 rings (SSSR count). The number of nitrogens with zero attached hydrogens (tertiary/aromatic N) is 2. The molecule has 1 heterocycles. The number of rotatable bonds is 2. The van der Waals surface area contributed by atoms with Crippen LogP contribution in [-0.4, -0.2) is 16.1 Å². The van der Waals surface area contributed by atoms with E-state index in [4.69, 9.17) is 0 Å². The molecule has 1 aromatic carbocycles. The molecule has 2 aromatic rings. The molecule has 0 radical (unpaired) electrons. The normalized spacial score (nSPS) is 10.1. The molecular formula is C11H11N3OS. The number of aromatic nitrogens is 2. The minimum atomic E-state index is -0.141. The van der Waals surface area contributed by atoms with Crippen LogP contribution in [-0.2, 0) is 0 Å². The lowest BCUT2D eigenvalue weighted by Crippen LogP contribution is -2.13. The van der Waals surface area contributed by atoms with Gasteiger partial charge in [-0.2, -0.15) is 0 Å². The summed E-state index contributed by atoms with van der Waals surface area (Å²) >= 11 is 1.30. The molecule has 0 fully saturated rings. The van der Waals surface area contributed by atoms with E-state index in [1.165, 1.54) is 11.3 Å². The lowest BCUT2D eigenvalue weighted by Gasteiger charge is -2.07. The van der Waals surface area contributed by atoms with Gasteiger partial charge in [0.2, 0.25) is 5.13 Å². The van der Waals surface area contributed by atoms with Crippen molar-refractivity contribution >= 4 is 22.4 Å². The molecule has 0 spiro atoms. The van der Waals surface area contributed by atoms with Crippen LogP contribution in [0.4, 0.5) is 5.13 Å². The van der Waals surface area contributed by atoms with Crippen LogP contribution >= 0.6 is 11.3 Å². The molecule has 0 bridgehead atoms. The summed E-state index contributed by atoms with van der Waals surface area (Å²) in [5.41, 5.74) is 4.35. The first-order valence-corrected chi connectivity index (χ1v) is 5.70. The molecular weight excluding hydrogens is 222 g/mol. The second-order valence-corrected chi connectivity index (χ2v) is 4.28. The van der Waals surface area contributed by atoms with Gasteiger partial charge in [-0.05, 0) is 31.0 Å². The third-order valence-corrected chi connectivity index (χ3v) is 3.04. The number of hydrogen-bond acceptors (Lipinski definition) is 4. The number of aryl methyl sites for hydroxylation is 1. The molecule has 82 valence electrons. The molecule has 5 heteroatoms. The van der Waals surface area contributed by atoms with Crippen molar-refractivity contribution in [3.63, 3.8) is 0 Å². The van der Waals surface area contributed by atoms with E-state index in [0.29, 0.717) is 10.7 Å². The lowest BCUT2D eigenvalue weighted by molar-refractivity contribution is 0.102. The molecule has 0 saturated carbocycles. The van der Waals surface area contributed by atoms with E-state index in [9.17, 15) is 4.79 Å². The zero-order chi connectivity index (χ0) is 11.5. The summed E-state index contributed by atoms with van der Waals surface area (Å²) < 4.78 is 0. The Bertz CT molecular complexity index is 508. The Morgan fingerprint density at radius 1 is 1.38 bits per heavy atom. The first-order chi connectivity index (χ1) is 7.68. The number of carbonyl (C=O) groups is 1. The highest BCUT2D eigenvalue weighted by molar-refractivity contribution is 7.13. The van der Waals surface area contributed by atoms with Crippen LogP contribution in [0.1, 0.15) is 21.5 Å². The van der Waals surface area contributed by atoms with Gasteiger partial charge >= 0.3 is 0 Å². The molecule has 0 aliphatic heterocycles. The minimum absolute atomic E-state index is 0.141. The van der Waals surface area contributed by atoms with Crippen LogP contribution in [0.5, 0.6) is 0 Å². The maximum Gasteiger partial charge on any atom is 0.257 e. The van der Waals surface area contributed by atoms with Gasteiger partial charge in [0.1, 0.15) is 5.51 Å². The Morgan fingerprint density at radius 2 is 2.19 bits per heavy atom. The molecule has 0 atom stereocenters. The minimum Gasteiger partial charge on any atom is -0.296 e. The smallest absolute Gasteiger partial charge is 0.257 e. The van der Waals surface area contributed by atoms with Gasteiger partial charge in [-0.3, -0.25) is 10.1 Å². The highest BCUT2D eigenvalue weighted by Crippen LogP contribution is 2.15. The van der Waals surface area contributed by atoms with Crippen molar-refractivity contribution < 1.29 is 4.79 Å². The van der Waals surface area contributed by atoms with E-state index in [1.54, 1.807) is 11.6 Å². The molecule has 1 aromatic heterocycles. The van der Waals surface area contributed by atoms with E-state index < -0.39 is 0 Å². The van der Waals surface area contributed by atoms with Gasteiger partial charge < -0.3 is 0 Å². The molecule has 4 nitrogen and oxygen atoms in total. The Morgan fingerprint density at radius 3 is 2.88 bits per heavy atom. The highest BCUT2D eigenvalue weighted by atomic mass is 32.1. The number of anilines is 1. The van der Waals surface area contributed by atoms with E-state index in [2.05, 4.69) is 15.5 Å². The van der Waals surface area contributed by atoms with Gasteiger partial charge in [0.15, 0.2) is 0 Å². The van der Waals surface area contributed by atoms with Gasteiger partial charge in [-0.15, -0.1) is 10.2 Å². The lowest BCUT2D eigenvalue weighted by atomic mass is 10.0. The van der Waals surface area contributed by atoms with Crippen LogP contribution < -0.4 is 5.32 Å². The van der Waals surface area contributed by atoms with Gasteiger partial charge in [-0.25, -0.2) is 0 Å². The maximum atomic E-state index is 11.9. The van der Waals surface area contributed by atoms with Crippen LogP contribution in [0.15, 0.2) is 23.7 Å². The number of nitrogens with one attached hydrogen (secondary N) is 1. The molecule has 16 heavy (non-hydrogen) atoms. The fourth-order valence-electron chi connectivity index (χ4n) is 1.39. The van der Waals surface area contributed by atoms with Crippen molar-refractivity contribution in [2.45, 2.75) is 13.8 Å². The summed E-state index contributed by atoms with van der Waals surface area (Å²) in [5.74, 6) is -0.141. The van der Waals surface area contributed by atoms with E-state index in [-0.39, 0.29) is 5.91 Å². The third kappa shape index (κ3) is 2.09. The number of hydrogen-bond donors (Lipinski definition) is 1. The molecule has 1 amide bonds. The first-order valence-electron chi connectivity index (χ1n) is 4.82. The number of benzene rings is 1. The second kappa shape index (κ2) is 4.40. The standard InChI is InChI=1S/C11H11N3OS/c1-7-4-3-5-9(8(7)2)10(15)13-11-14-12-6-16-11/h3-6H,1-2H3,(H,13,14,15). The van der Waals surface area contributed by atoms with Gasteiger partial charge in [-0.1, -0.05) is 23.5 Å². The largest absolute Gasteiger partial charge is 0.296 e. The number of carbonyl (C=O) groups excluding carboxylic acids is 1. The van der Waals surface area contributed by atoms with E-state index in [1.807, 2.05) is 26.0 Å². The summed E-state index contributed by atoms with van der Waals surface area (Å²) in [6, 6.07) is 5.66. The maximum absolute atomic E-state index is 11.9. The van der Waals surface area contributed by atoms with E-state index >= 15 is 0 Å². The SMILES string of the molecule is Cc1cccc(C(=O)Nc2nncs2)c1C. The Balaban J connectivity index is 2.24. The molecule has 0 saturated heterocycles. The highest BCUT2D eigenvalue weighted by Gasteiger charge is 2.11. The monoisotopic (exact) mass is 233 g/mol. The summed E-state index contributed by atoms with van der Waals surface area (Å²) in [4.78, 5) is 11.9. The Kier molecular flexibility index (Phi) is 2.96. The first kappa shape index (κ1) is 10.8. The van der Waals surface area contributed by atoms with Crippen molar-refractivity contribution in [2.75, 3.05) is 5.32 Å². The van der Waals surface area contributed by atoms with Gasteiger partial charge in [0.05, 0.1) is 0 Å². The topological polar surface area (TPSA) is 54.9 Å². The fraction of sp³-hybridized carbons (Fsp3) is 0.182. The van der Waals surface area contributed by atoms with Gasteiger partial charge in [0, 0.05) is 5.56 Å². The summed E-state index contributed by atoms with van der Waals surface area (Å²) in [7, 11) is 0. The van der Waals surface area contributed by atoms with Crippen LogP contribution in [0, 0.1) is 13.8 Å². The zero-order valence-electron chi connectivity index (χ0n) is 9.02. The fourth-order valence-corrected chi connectivity index (χ4v) is 1.83. The van der Waals surface area contributed by atoms with E-state index in [0.717, 1.165) is 11.1 Å². The van der Waals surface area contributed by atoms with Crippen molar-refractivity contribution in [1.29, 1.82) is 0 Å². The van der Waals surface area contributed by atoms with Crippen LogP contribution in [0.3, 0.4) is 0 Å². The molecule has 0 aliphatic carbocycles. The van der Waals surface area contributed by atoms with Crippen molar-refractivity contribution in [3.05, 3.63) is 40.4 Å². The summed E-state index contributed by atoms with van der Waals surface area (Å²) in [6.07, 6.45) is 0. The Labute approximate surface area is 97.3 Å². The average molecular weight is 233 g/mol. The predicted molar refractivity (Wildman–Crippen MR) is 63.8 cm³/mol. The molecule has 1 N–H and O–H groups in total. The molecule has 0 aliphatic rings.